The standard InChI is InChI=1S/C24H25NO4S/c1-3-29-24(26)22-15-13-21(14-16-22)18-25(17-20-11-9-19(2)10-12-20)30(27,28)23-7-5-4-6-8-23/h4-16H,3,17-18H2,1-2H3. The van der Waals surface area contributed by atoms with E-state index in [1.807, 2.05) is 31.2 Å². The molecular weight excluding hydrogens is 398 g/mol. The molecule has 0 saturated carbocycles. The Labute approximate surface area is 178 Å². The molecule has 0 saturated heterocycles. The molecule has 3 aromatic rings. The SMILES string of the molecule is CCOC(=O)c1ccc(CN(Cc2ccc(C)cc2)S(=O)(=O)c2ccccc2)cc1. The highest BCUT2D eigenvalue weighted by Crippen LogP contribution is 2.21. The predicted octanol–water partition coefficient (Wildman–Crippen LogP) is 4.56. The highest BCUT2D eigenvalue weighted by molar-refractivity contribution is 7.89. The third-order valence-corrected chi connectivity index (χ3v) is 6.49. The second kappa shape index (κ2) is 9.69. The van der Waals surface area contributed by atoms with Gasteiger partial charge in [-0.1, -0.05) is 60.2 Å². The van der Waals surface area contributed by atoms with Gasteiger partial charge in [-0.15, -0.1) is 0 Å². The third kappa shape index (κ3) is 5.34. The third-order valence-electron chi connectivity index (χ3n) is 4.68. The van der Waals surface area contributed by atoms with Crippen molar-refractivity contribution >= 4 is 16.0 Å². The number of carbonyl (C=O) groups excluding carboxylic acids is 1. The minimum Gasteiger partial charge on any atom is -0.462 e. The van der Waals surface area contributed by atoms with Crippen LogP contribution < -0.4 is 0 Å². The molecule has 0 atom stereocenters. The Morgan fingerprint density at radius 2 is 1.37 bits per heavy atom. The molecule has 0 bridgehead atoms. The number of esters is 1. The summed E-state index contributed by atoms with van der Waals surface area (Å²) in [5, 5.41) is 0. The van der Waals surface area contributed by atoms with Crippen molar-refractivity contribution < 1.29 is 17.9 Å². The lowest BCUT2D eigenvalue weighted by Crippen LogP contribution is -2.30. The first-order chi connectivity index (χ1) is 14.4. The van der Waals surface area contributed by atoms with E-state index in [1.54, 1.807) is 61.5 Å². The van der Waals surface area contributed by atoms with E-state index in [2.05, 4.69) is 0 Å². The van der Waals surface area contributed by atoms with E-state index in [0.717, 1.165) is 16.7 Å². The molecule has 0 aromatic heterocycles. The van der Waals surface area contributed by atoms with Crippen LogP contribution in [0.1, 0.15) is 34.0 Å². The maximum atomic E-state index is 13.3. The van der Waals surface area contributed by atoms with Gasteiger partial charge in [-0.05, 0) is 49.2 Å². The van der Waals surface area contributed by atoms with E-state index in [4.69, 9.17) is 4.74 Å². The Morgan fingerprint density at radius 1 is 0.833 bits per heavy atom. The Morgan fingerprint density at radius 3 is 1.90 bits per heavy atom. The zero-order chi connectivity index (χ0) is 21.6. The minimum absolute atomic E-state index is 0.189. The average Bonchev–Trinajstić information content (AvgIpc) is 2.76. The first kappa shape index (κ1) is 21.7. The van der Waals surface area contributed by atoms with Crippen molar-refractivity contribution in [2.75, 3.05) is 6.61 Å². The molecule has 0 spiro atoms. The number of rotatable bonds is 8. The van der Waals surface area contributed by atoms with Gasteiger partial charge in [-0.2, -0.15) is 4.31 Å². The Kier molecular flexibility index (Phi) is 7.03. The summed E-state index contributed by atoms with van der Waals surface area (Å²) in [6.45, 7) is 4.49. The molecular formula is C24H25NO4S. The zero-order valence-corrected chi connectivity index (χ0v) is 17.9. The van der Waals surface area contributed by atoms with Crippen LogP contribution in [0.3, 0.4) is 0 Å². The van der Waals surface area contributed by atoms with Crippen molar-refractivity contribution in [3.63, 3.8) is 0 Å². The Hall–Kier alpha value is -2.96. The molecule has 30 heavy (non-hydrogen) atoms. The summed E-state index contributed by atoms with van der Waals surface area (Å²) >= 11 is 0. The fraction of sp³-hybridized carbons (Fsp3) is 0.208. The molecule has 3 rings (SSSR count). The van der Waals surface area contributed by atoms with Gasteiger partial charge in [-0.3, -0.25) is 0 Å². The van der Waals surface area contributed by atoms with Gasteiger partial charge in [0, 0.05) is 13.1 Å². The molecule has 0 unspecified atom stereocenters. The smallest absolute Gasteiger partial charge is 0.338 e. The van der Waals surface area contributed by atoms with Crippen LogP contribution in [0, 0.1) is 6.92 Å². The van der Waals surface area contributed by atoms with Crippen molar-refractivity contribution in [3.8, 4) is 0 Å². The molecule has 0 aliphatic carbocycles. The molecule has 0 fully saturated rings. The van der Waals surface area contributed by atoms with E-state index < -0.39 is 16.0 Å². The van der Waals surface area contributed by atoms with Gasteiger partial charge >= 0.3 is 5.97 Å². The van der Waals surface area contributed by atoms with Gasteiger partial charge in [0.2, 0.25) is 10.0 Å². The monoisotopic (exact) mass is 423 g/mol. The van der Waals surface area contributed by atoms with Crippen LogP contribution in [0.2, 0.25) is 0 Å². The van der Waals surface area contributed by atoms with Crippen molar-refractivity contribution in [1.29, 1.82) is 0 Å². The fourth-order valence-corrected chi connectivity index (χ4v) is 4.47. The lowest BCUT2D eigenvalue weighted by molar-refractivity contribution is 0.0526. The molecule has 6 heteroatoms. The van der Waals surface area contributed by atoms with E-state index >= 15 is 0 Å². The van der Waals surface area contributed by atoms with Gasteiger partial charge in [0.1, 0.15) is 0 Å². The van der Waals surface area contributed by atoms with Crippen molar-refractivity contribution in [2.24, 2.45) is 0 Å². The van der Waals surface area contributed by atoms with Crippen LogP contribution in [-0.4, -0.2) is 25.3 Å². The van der Waals surface area contributed by atoms with E-state index in [-0.39, 0.29) is 18.0 Å². The fourth-order valence-electron chi connectivity index (χ4n) is 3.03. The maximum absolute atomic E-state index is 13.3. The minimum atomic E-state index is -3.70. The number of aryl methyl sites for hydroxylation is 1. The Bertz CT molecular complexity index is 1080. The van der Waals surface area contributed by atoms with Crippen LogP contribution >= 0.6 is 0 Å². The number of ether oxygens (including phenoxy) is 1. The number of carbonyl (C=O) groups is 1. The lowest BCUT2D eigenvalue weighted by Gasteiger charge is -2.23. The predicted molar refractivity (Wildman–Crippen MR) is 116 cm³/mol. The van der Waals surface area contributed by atoms with Gasteiger partial charge in [0.15, 0.2) is 0 Å². The normalized spacial score (nSPS) is 11.4. The van der Waals surface area contributed by atoms with Crippen LogP contribution in [-0.2, 0) is 27.8 Å². The van der Waals surface area contributed by atoms with Crippen LogP contribution in [0.15, 0.2) is 83.8 Å². The largest absolute Gasteiger partial charge is 0.462 e. The summed E-state index contributed by atoms with van der Waals surface area (Å²) in [6.07, 6.45) is 0. The van der Waals surface area contributed by atoms with E-state index in [9.17, 15) is 13.2 Å². The number of hydrogen-bond donors (Lipinski definition) is 0. The zero-order valence-electron chi connectivity index (χ0n) is 17.1. The van der Waals surface area contributed by atoms with Crippen molar-refractivity contribution in [1.82, 2.24) is 4.31 Å². The maximum Gasteiger partial charge on any atom is 0.338 e. The molecule has 3 aromatic carbocycles. The summed E-state index contributed by atoms with van der Waals surface area (Å²) < 4.78 is 33.1. The summed E-state index contributed by atoms with van der Waals surface area (Å²) in [7, 11) is -3.70. The molecule has 0 aliphatic rings. The number of hydrogen-bond acceptors (Lipinski definition) is 4. The quantitative estimate of drug-likeness (QED) is 0.498. The van der Waals surface area contributed by atoms with Crippen LogP contribution in [0.25, 0.3) is 0 Å². The second-order valence-corrected chi connectivity index (χ2v) is 8.93. The van der Waals surface area contributed by atoms with Crippen LogP contribution in [0.4, 0.5) is 0 Å². The van der Waals surface area contributed by atoms with Gasteiger partial charge < -0.3 is 4.74 Å². The first-order valence-corrected chi connectivity index (χ1v) is 11.2. The van der Waals surface area contributed by atoms with Crippen LogP contribution in [0.5, 0.6) is 0 Å². The van der Waals surface area contributed by atoms with Gasteiger partial charge in [0.25, 0.3) is 0 Å². The number of benzene rings is 3. The summed E-state index contributed by atoms with van der Waals surface area (Å²) in [5.74, 6) is -0.391. The van der Waals surface area contributed by atoms with Crippen molar-refractivity contribution in [2.45, 2.75) is 31.8 Å². The van der Waals surface area contributed by atoms with E-state index in [0.29, 0.717) is 12.2 Å². The highest BCUT2D eigenvalue weighted by Gasteiger charge is 2.25. The summed E-state index contributed by atoms with van der Waals surface area (Å²) in [4.78, 5) is 12.1. The summed E-state index contributed by atoms with van der Waals surface area (Å²) in [5.41, 5.74) is 3.25. The molecule has 0 radical (unpaired) electrons. The molecule has 5 nitrogen and oxygen atoms in total. The molecule has 156 valence electrons. The molecule has 0 heterocycles. The first-order valence-electron chi connectivity index (χ1n) is 9.77. The highest BCUT2D eigenvalue weighted by atomic mass is 32.2. The van der Waals surface area contributed by atoms with Crippen molar-refractivity contribution in [3.05, 3.63) is 101 Å². The lowest BCUT2D eigenvalue weighted by atomic mass is 10.1. The summed E-state index contributed by atoms with van der Waals surface area (Å²) in [6, 6.07) is 23.1. The average molecular weight is 424 g/mol. The number of sulfonamides is 1. The molecule has 0 N–H and O–H groups in total. The molecule has 0 aliphatic heterocycles. The Balaban J connectivity index is 1.89. The topological polar surface area (TPSA) is 63.7 Å². The van der Waals surface area contributed by atoms with E-state index in [1.165, 1.54) is 4.31 Å². The van der Waals surface area contributed by atoms with Gasteiger partial charge in [0.05, 0.1) is 17.1 Å². The second-order valence-electron chi connectivity index (χ2n) is 6.99. The van der Waals surface area contributed by atoms with Gasteiger partial charge in [-0.25, -0.2) is 13.2 Å². The number of nitrogens with zero attached hydrogens (tertiary/aromatic N) is 1. The molecule has 0 amide bonds.